The number of benzene rings is 1. The second-order valence-electron chi connectivity index (χ2n) is 4.46. The molecule has 0 radical (unpaired) electrons. The fourth-order valence-electron chi connectivity index (χ4n) is 2.00. The van der Waals surface area contributed by atoms with Gasteiger partial charge < -0.3 is 16.0 Å². The van der Waals surface area contributed by atoms with Crippen LogP contribution in [0.2, 0.25) is 0 Å². The van der Waals surface area contributed by atoms with Gasteiger partial charge in [0, 0.05) is 26.2 Å². The molecule has 17 heavy (non-hydrogen) atoms. The summed E-state index contributed by atoms with van der Waals surface area (Å²) in [6, 6.07) is 7.30. The molecule has 1 atom stereocenters. The van der Waals surface area contributed by atoms with Gasteiger partial charge in [0.15, 0.2) is 0 Å². The molecule has 3 N–H and O–H groups in total. The smallest absolute Gasteiger partial charge is 0.244 e. The van der Waals surface area contributed by atoms with Gasteiger partial charge in [-0.3, -0.25) is 4.79 Å². The van der Waals surface area contributed by atoms with Crippen LogP contribution in [0.15, 0.2) is 24.3 Å². The predicted molar refractivity (Wildman–Crippen MR) is 67.6 cm³/mol. The van der Waals surface area contributed by atoms with Crippen molar-refractivity contribution in [3.8, 4) is 0 Å². The minimum atomic E-state index is -0.534. The van der Waals surface area contributed by atoms with E-state index in [0.717, 1.165) is 31.7 Å². The van der Waals surface area contributed by atoms with Crippen molar-refractivity contribution in [3.05, 3.63) is 35.4 Å². The second-order valence-corrected chi connectivity index (χ2v) is 4.46. The Balaban J connectivity index is 2.05. The summed E-state index contributed by atoms with van der Waals surface area (Å²) in [5.74, 6) is 0.0235. The molecule has 4 heteroatoms. The van der Waals surface area contributed by atoms with Crippen molar-refractivity contribution in [2.75, 3.05) is 26.2 Å². The molecule has 1 heterocycles. The largest absolute Gasteiger partial charge is 0.339 e. The maximum Gasteiger partial charge on any atom is 0.244 e. The van der Waals surface area contributed by atoms with Gasteiger partial charge in [0.2, 0.25) is 5.91 Å². The average Bonchev–Trinajstić information content (AvgIpc) is 2.39. The molecular formula is C13H19N3O. The first-order chi connectivity index (χ1) is 8.18. The molecular weight excluding hydrogens is 214 g/mol. The van der Waals surface area contributed by atoms with Crippen molar-refractivity contribution >= 4 is 5.91 Å². The number of hydrogen-bond acceptors (Lipinski definition) is 3. The number of amides is 1. The minimum absolute atomic E-state index is 0.0235. The molecule has 0 aromatic heterocycles. The van der Waals surface area contributed by atoms with Crippen molar-refractivity contribution in [3.63, 3.8) is 0 Å². The minimum Gasteiger partial charge on any atom is -0.339 e. The zero-order valence-corrected chi connectivity index (χ0v) is 10.1. The van der Waals surface area contributed by atoms with E-state index >= 15 is 0 Å². The standard InChI is InChI=1S/C13H19N3O/c1-10-2-4-11(5-3-10)12(14)13(17)16-8-6-15-7-9-16/h2-5,12,15H,6-9,14H2,1H3/t12-/m1/s1. The van der Waals surface area contributed by atoms with Crippen molar-refractivity contribution in [2.45, 2.75) is 13.0 Å². The zero-order valence-electron chi connectivity index (χ0n) is 10.1. The van der Waals surface area contributed by atoms with Gasteiger partial charge in [0.1, 0.15) is 6.04 Å². The Labute approximate surface area is 102 Å². The molecule has 0 spiro atoms. The zero-order chi connectivity index (χ0) is 12.3. The molecule has 4 nitrogen and oxygen atoms in total. The number of piperazine rings is 1. The third-order valence-corrected chi connectivity index (χ3v) is 3.13. The van der Waals surface area contributed by atoms with Crippen LogP contribution >= 0.6 is 0 Å². The summed E-state index contributed by atoms with van der Waals surface area (Å²) in [6.45, 7) is 5.23. The first-order valence-corrected chi connectivity index (χ1v) is 6.00. The first-order valence-electron chi connectivity index (χ1n) is 6.00. The second kappa shape index (κ2) is 5.29. The molecule has 1 fully saturated rings. The maximum absolute atomic E-state index is 12.2. The van der Waals surface area contributed by atoms with Crippen LogP contribution in [0.5, 0.6) is 0 Å². The van der Waals surface area contributed by atoms with Crippen LogP contribution in [0, 0.1) is 6.92 Å². The lowest BCUT2D eigenvalue weighted by atomic mass is 10.0. The topological polar surface area (TPSA) is 58.4 Å². The number of rotatable bonds is 2. The molecule has 1 amide bonds. The van der Waals surface area contributed by atoms with Crippen molar-refractivity contribution in [2.24, 2.45) is 5.73 Å². The molecule has 0 saturated carbocycles. The van der Waals surface area contributed by atoms with E-state index in [1.54, 1.807) is 0 Å². The number of nitrogens with zero attached hydrogens (tertiary/aromatic N) is 1. The third-order valence-electron chi connectivity index (χ3n) is 3.13. The molecule has 2 rings (SSSR count). The SMILES string of the molecule is Cc1ccc([C@@H](N)C(=O)N2CCNCC2)cc1. The van der Waals surface area contributed by atoms with Crippen LogP contribution in [0.4, 0.5) is 0 Å². The van der Waals surface area contributed by atoms with Gasteiger partial charge in [0.05, 0.1) is 0 Å². The van der Waals surface area contributed by atoms with Gasteiger partial charge in [-0.2, -0.15) is 0 Å². The van der Waals surface area contributed by atoms with E-state index in [4.69, 9.17) is 5.73 Å². The summed E-state index contributed by atoms with van der Waals surface area (Å²) >= 11 is 0. The molecule has 1 aromatic carbocycles. The first kappa shape index (κ1) is 12.1. The van der Waals surface area contributed by atoms with Crippen LogP contribution in [-0.4, -0.2) is 37.0 Å². The predicted octanol–water partition coefficient (Wildman–Crippen LogP) is 0.427. The Morgan fingerprint density at radius 1 is 1.29 bits per heavy atom. The molecule has 1 aliphatic heterocycles. The average molecular weight is 233 g/mol. The van der Waals surface area contributed by atoms with Crippen molar-refractivity contribution in [1.82, 2.24) is 10.2 Å². The van der Waals surface area contributed by atoms with Gasteiger partial charge >= 0.3 is 0 Å². The van der Waals surface area contributed by atoms with Crippen LogP contribution in [0.1, 0.15) is 17.2 Å². The summed E-state index contributed by atoms with van der Waals surface area (Å²) in [5, 5.41) is 3.22. The Kier molecular flexibility index (Phi) is 3.76. The molecule has 1 aliphatic rings. The lowest BCUT2D eigenvalue weighted by molar-refractivity contribution is -0.133. The highest BCUT2D eigenvalue weighted by Gasteiger charge is 2.23. The fraction of sp³-hybridized carbons (Fsp3) is 0.462. The number of carbonyl (C=O) groups is 1. The Bertz CT molecular complexity index is 382. The van der Waals surface area contributed by atoms with E-state index in [1.165, 1.54) is 5.56 Å². The highest BCUT2D eigenvalue weighted by molar-refractivity contribution is 5.83. The Morgan fingerprint density at radius 2 is 1.88 bits per heavy atom. The Morgan fingerprint density at radius 3 is 2.47 bits per heavy atom. The molecule has 0 aliphatic carbocycles. The molecule has 0 bridgehead atoms. The lowest BCUT2D eigenvalue weighted by Crippen LogP contribution is -2.49. The van der Waals surface area contributed by atoms with Crippen LogP contribution in [0.25, 0.3) is 0 Å². The molecule has 92 valence electrons. The van der Waals surface area contributed by atoms with E-state index in [2.05, 4.69) is 5.32 Å². The fourth-order valence-corrected chi connectivity index (χ4v) is 2.00. The third kappa shape index (κ3) is 2.84. The summed E-state index contributed by atoms with van der Waals surface area (Å²) in [7, 11) is 0. The number of carbonyl (C=O) groups excluding carboxylic acids is 1. The van der Waals surface area contributed by atoms with Gasteiger partial charge in [-0.25, -0.2) is 0 Å². The monoisotopic (exact) mass is 233 g/mol. The summed E-state index contributed by atoms with van der Waals surface area (Å²) < 4.78 is 0. The van der Waals surface area contributed by atoms with Gasteiger partial charge in [-0.05, 0) is 12.5 Å². The number of aryl methyl sites for hydroxylation is 1. The van der Waals surface area contributed by atoms with E-state index in [-0.39, 0.29) is 5.91 Å². The molecule has 0 unspecified atom stereocenters. The van der Waals surface area contributed by atoms with Gasteiger partial charge in [-0.15, -0.1) is 0 Å². The van der Waals surface area contributed by atoms with Crippen molar-refractivity contribution in [1.29, 1.82) is 0 Å². The normalized spacial score (nSPS) is 17.9. The highest BCUT2D eigenvalue weighted by atomic mass is 16.2. The summed E-state index contributed by atoms with van der Waals surface area (Å²) in [6.07, 6.45) is 0. The van der Waals surface area contributed by atoms with Crippen LogP contribution in [0.3, 0.4) is 0 Å². The van der Waals surface area contributed by atoms with E-state index < -0.39 is 6.04 Å². The van der Waals surface area contributed by atoms with E-state index in [9.17, 15) is 4.79 Å². The quantitative estimate of drug-likeness (QED) is 0.778. The van der Waals surface area contributed by atoms with Crippen LogP contribution < -0.4 is 11.1 Å². The number of nitrogens with one attached hydrogen (secondary N) is 1. The summed E-state index contributed by atoms with van der Waals surface area (Å²) in [4.78, 5) is 14.0. The maximum atomic E-state index is 12.2. The van der Waals surface area contributed by atoms with Gasteiger partial charge in [-0.1, -0.05) is 29.8 Å². The molecule has 1 saturated heterocycles. The van der Waals surface area contributed by atoms with E-state index in [1.807, 2.05) is 36.1 Å². The molecule has 1 aromatic rings. The Hall–Kier alpha value is -1.39. The number of nitrogens with two attached hydrogens (primary N) is 1. The lowest BCUT2D eigenvalue weighted by Gasteiger charge is -2.29. The summed E-state index contributed by atoms with van der Waals surface area (Å²) in [5.41, 5.74) is 8.07. The number of hydrogen-bond donors (Lipinski definition) is 2. The highest BCUT2D eigenvalue weighted by Crippen LogP contribution is 2.14. The van der Waals surface area contributed by atoms with Crippen LogP contribution in [-0.2, 0) is 4.79 Å². The van der Waals surface area contributed by atoms with E-state index in [0.29, 0.717) is 0 Å². The van der Waals surface area contributed by atoms with Gasteiger partial charge in [0.25, 0.3) is 0 Å². The van der Waals surface area contributed by atoms with Crippen molar-refractivity contribution < 1.29 is 4.79 Å².